The molecule has 0 bridgehead atoms. The molecule has 0 N–H and O–H groups in total. The van der Waals surface area contributed by atoms with E-state index in [0.717, 1.165) is 24.0 Å². The molecule has 0 aliphatic rings. The van der Waals surface area contributed by atoms with Crippen LogP contribution in [0.2, 0.25) is 0 Å². The van der Waals surface area contributed by atoms with Crippen LogP contribution in [0.5, 0.6) is 5.75 Å². The fourth-order valence-electron chi connectivity index (χ4n) is 4.40. The van der Waals surface area contributed by atoms with Gasteiger partial charge in [0.05, 0.1) is 17.7 Å². The summed E-state index contributed by atoms with van der Waals surface area (Å²) in [7, 11) is 0. The van der Waals surface area contributed by atoms with Gasteiger partial charge in [-0.2, -0.15) is 13.2 Å². The van der Waals surface area contributed by atoms with Gasteiger partial charge in [0.2, 0.25) is 6.10 Å². The summed E-state index contributed by atoms with van der Waals surface area (Å²) in [5.74, 6) is -1.13. The number of rotatable bonds is 18. The number of benzene rings is 2. The Morgan fingerprint density at radius 1 is 0.750 bits per heavy atom. The van der Waals surface area contributed by atoms with Gasteiger partial charge in [-0.25, -0.2) is 19.6 Å². The molecule has 1 aromatic heterocycles. The highest BCUT2D eigenvalue weighted by Gasteiger charge is 2.43. The standard InChI is InChI=1S/C34H41F3N2O5/c1-3-5-6-7-8-9-10-11-12-25-22-38-31(39-23-25)26-13-15-27(16-14-26)32(40)43-29-19-17-28(18-20-29)33(41)44-30(34(35,36)37)24-42-21-4-2/h13-20,22-23,30H,3-12,21,24H2,1-2H3. The molecule has 0 amide bonds. The molecule has 0 saturated carbocycles. The van der Waals surface area contributed by atoms with E-state index in [0.29, 0.717) is 12.2 Å². The number of esters is 2. The first-order valence-electron chi connectivity index (χ1n) is 15.3. The number of hydrogen-bond acceptors (Lipinski definition) is 7. The fraction of sp³-hybridized carbons (Fsp3) is 0.471. The molecule has 3 rings (SSSR count). The number of halogens is 3. The Morgan fingerprint density at radius 3 is 1.91 bits per heavy atom. The maximum Gasteiger partial charge on any atom is 0.427 e. The topological polar surface area (TPSA) is 87.6 Å². The van der Waals surface area contributed by atoms with E-state index >= 15 is 0 Å². The number of hydrogen-bond donors (Lipinski definition) is 0. The van der Waals surface area contributed by atoms with Crippen LogP contribution in [0.25, 0.3) is 11.4 Å². The number of carbonyl (C=O) groups excluding carboxylic acids is 2. The van der Waals surface area contributed by atoms with Crippen LogP contribution in [0, 0.1) is 0 Å². The molecule has 1 unspecified atom stereocenters. The fourth-order valence-corrected chi connectivity index (χ4v) is 4.40. The molecule has 0 aliphatic heterocycles. The zero-order valence-electron chi connectivity index (χ0n) is 25.4. The second-order valence-corrected chi connectivity index (χ2v) is 10.6. The van der Waals surface area contributed by atoms with Gasteiger partial charge in [0, 0.05) is 24.6 Å². The minimum absolute atomic E-state index is 0.115. The number of unbranched alkanes of at least 4 members (excludes halogenated alkanes) is 7. The third kappa shape index (κ3) is 11.7. The normalized spacial score (nSPS) is 12.1. The van der Waals surface area contributed by atoms with Gasteiger partial charge in [0.15, 0.2) is 5.82 Å². The van der Waals surface area contributed by atoms with E-state index in [1.54, 1.807) is 31.2 Å². The Morgan fingerprint density at radius 2 is 1.32 bits per heavy atom. The quantitative estimate of drug-likeness (QED) is 0.0806. The molecular formula is C34H41F3N2O5. The zero-order chi connectivity index (χ0) is 31.8. The Labute approximate surface area is 257 Å². The molecular weight excluding hydrogens is 573 g/mol. The number of carbonyl (C=O) groups is 2. The molecule has 0 radical (unpaired) electrons. The van der Waals surface area contributed by atoms with E-state index in [-0.39, 0.29) is 23.5 Å². The molecule has 0 aliphatic carbocycles. The van der Waals surface area contributed by atoms with Gasteiger partial charge in [0.25, 0.3) is 0 Å². The van der Waals surface area contributed by atoms with E-state index in [9.17, 15) is 22.8 Å². The lowest BCUT2D eigenvalue weighted by atomic mass is 10.1. The second-order valence-electron chi connectivity index (χ2n) is 10.6. The lowest BCUT2D eigenvalue weighted by Crippen LogP contribution is -2.38. The SMILES string of the molecule is CCCCCCCCCCc1cnc(-c2ccc(C(=O)Oc3ccc(C(=O)OC(COCCC)C(F)(F)F)cc3)cc2)nc1. The van der Waals surface area contributed by atoms with Crippen LogP contribution in [-0.2, 0) is 15.9 Å². The van der Waals surface area contributed by atoms with Gasteiger partial charge in [-0.3, -0.25) is 0 Å². The number of aromatic nitrogens is 2. The molecule has 1 heterocycles. The second kappa shape index (κ2) is 18.1. The third-order valence-corrected chi connectivity index (χ3v) is 6.94. The summed E-state index contributed by atoms with van der Waals surface area (Å²) < 4.78 is 54.5. The van der Waals surface area contributed by atoms with Crippen molar-refractivity contribution in [2.24, 2.45) is 0 Å². The Balaban J connectivity index is 1.47. The first-order chi connectivity index (χ1) is 21.2. The van der Waals surface area contributed by atoms with Crippen LogP contribution < -0.4 is 4.74 Å². The predicted molar refractivity (Wildman–Crippen MR) is 162 cm³/mol. The summed E-state index contributed by atoms with van der Waals surface area (Å²) in [6.45, 7) is 3.32. The van der Waals surface area contributed by atoms with E-state index < -0.39 is 30.8 Å². The van der Waals surface area contributed by atoms with Crippen molar-refractivity contribution in [3.8, 4) is 17.1 Å². The molecule has 44 heavy (non-hydrogen) atoms. The van der Waals surface area contributed by atoms with Crippen LogP contribution >= 0.6 is 0 Å². The summed E-state index contributed by atoms with van der Waals surface area (Å²) >= 11 is 0. The molecule has 1 atom stereocenters. The van der Waals surface area contributed by atoms with Gasteiger partial charge in [0.1, 0.15) is 5.75 Å². The van der Waals surface area contributed by atoms with E-state index in [2.05, 4.69) is 21.6 Å². The van der Waals surface area contributed by atoms with Crippen LogP contribution in [0.3, 0.4) is 0 Å². The van der Waals surface area contributed by atoms with Crippen molar-refractivity contribution in [3.63, 3.8) is 0 Å². The lowest BCUT2D eigenvalue weighted by molar-refractivity contribution is -0.217. The minimum atomic E-state index is -4.77. The summed E-state index contributed by atoms with van der Waals surface area (Å²) in [4.78, 5) is 33.9. The molecule has 3 aromatic rings. The van der Waals surface area contributed by atoms with Crippen molar-refractivity contribution in [2.75, 3.05) is 13.2 Å². The van der Waals surface area contributed by atoms with E-state index in [1.807, 2.05) is 12.4 Å². The average Bonchev–Trinajstić information content (AvgIpc) is 3.02. The summed E-state index contributed by atoms with van der Waals surface area (Å²) in [6, 6.07) is 11.7. The first-order valence-corrected chi connectivity index (χ1v) is 15.3. The van der Waals surface area contributed by atoms with E-state index in [1.165, 1.54) is 69.2 Å². The summed E-state index contributed by atoms with van der Waals surface area (Å²) in [5.41, 5.74) is 2.01. The average molecular weight is 615 g/mol. The monoisotopic (exact) mass is 614 g/mol. The van der Waals surface area contributed by atoms with Crippen molar-refractivity contribution in [2.45, 2.75) is 90.3 Å². The minimum Gasteiger partial charge on any atom is -0.447 e. The molecule has 238 valence electrons. The van der Waals surface area contributed by atoms with Crippen LogP contribution in [0.1, 0.15) is 97.9 Å². The van der Waals surface area contributed by atoms with Crippen LogP contribution in [-0.4, -0.2) is 47.4 Å². The molecule has 7 nitrogen and oxygen atoms in total. The number of nitrogens with zero attached hydrogens (tertiary/aromatic N) is 2. The Hall–Kier alpha value is -3.79. The van der Waals surface area contributed by atoms with Crippen LogP contribution in [0.4, 0.5) is 13.2 Å². The maximum absolute atomic E-state index is 13.2. The van der Waals surface area contributed by atoms with Crippen molar-refractivity contribution in [1.29, 1.82) is 0 Å². The Kier molecular flexibility index (Phi) is 14.3. The molecule has 0 fully saturated rings. The number of alkyl halides is 3. The van der Waals surface area contributed by atoms with Crippen molar-refractivity contribution in [1.82, 2.24) is 9.97 Å². The third-order valence-electron chi connectivity index (χ3n) is 6.94. The summed E-state index contributed by atoms with van der Waals surface area (Å²) in [5, 5.41) is 0. The first kappa shape index (κ1) is 34.7. The number of aryl methyl sites for hydroxylation is 1. The van der Waals surface area contributed by atoms with Gasteiger partial charge in [-0.1, -0.05) is 70.9 Å². The van der Waals surface area contributed by atoms with Crippen molar-refractivity contribution < 1.29 is 37.0 Å². The smallest absolute Gasteiger partial charge is 0.427 e. The van der Waals surface area contributed by atoms with Crippen molar-refractivity contribution >= 4 is 11.9 Å². The maximum atomic E-state index is 13.2. The zero-order valence-corrected chi connectivity index (χ0v) is 25.4. The highest BCUT2D eigenvalue weighted by Crippen LogP contribution is 2.25. The van der Waals surface area contributed by atoms with Crippen LogP contribution in [0.15, 0.2) is 60.9 Å². The lowest BCUT2D eigenvalue weighted by Gasteiger charge is -2.20. The molecule has 2 aromatic carbocycles. The number of ether oxygens (including phenoxy) is 3. The molecule has 0 saturated heterocycles. The van der Waals surface area contributed by atoms with E-state index in [4.69, 9.17) is 9.47 Å². The molecule has 10 heteroatoms. The molecule has 0 spiro atoms. The van der Waals surface area contributed by atoms with Gasteiger partial charge in [-0.15, -0.1) is 0 Å². The van der Waals surface area contributed by atoms with Gasteiger partial charge < -0.3 is 14.2 Å². The highest BCUT2D eigenvalue weighted by atomic mass is 19.4. The van der Waals surface area contributed by atoms with Gasteiger partial charge in [-0.05, 0) is 61.2 Å². The summed E-state index contributed by atoms with van der Waals surface area (Å²) in [6.07, 6.45) is 8.14. The largest absolute Gasteiger partial charge is 0.447 e. The highest BCUT2D eigenvalue weighted by molar-refractivity contribution is 5.92. The predicted octanol–water partition coefficient (Wildman–Crippen LogP) is 8.56. The van der Waals surface area contributed by atoms with Gasteiger partial charge >= 0.3 is 18.1 Å². The van der Waals surface area contributed by atoms with Crippen molar-refractivity contribution in [3.05, 3.63) is 77.6 Å². The Bertz CT molecular complexity index is 1280.